The van der Waals surface area contributed by atoms with Gasteiger partial charge in [-0.05, 0) is 18.9 Å². The summed E-state index contributed by atoms with van der Waals surface area (Å²) in [6, 6.07) is 1.66. The summed E-state index contributed by atoms with van der Waals surface area (Å²) in [5, 5.41) is 3.11. The summed E-state index contributed by atoms with van der Waals surface area (Å²) < 4.78 is 5.49. The third-order valence-electron chi connectivity index (χ3n) is 5.14. The minimum Gasteiger partial charge on any atom is -0.398 e. The molecule has 2 fully saturated rings. The van der Waals surface area contributed by atoms with Crippen LogP contribution in [-0.4, -0.2) is 54.2 Å². The van der Waals surface area contributed by atoms with Crippen LogP contribution in [0.1, 0.15) is 42.5 Å². The normalized spacial score (nSPS) is 21.7. The molecule has 1 saturated heterocycles. The number of nitrogens with one attached hydrogen (secondary N) is 1. The number of hydrogen-bond donors (Lipinski definition) is 2. The van der Waals surface area contributed by atoms with Gasteiger partial charge in [0.05, 0.1) is 18.8 Å². The fourth-order valence-electron chi connectivity index (χ4n) is 3.79. The highest BCUT2D eigenvalue weighted by molar-refractivity contribution is 5.98. The lowest BCUT2D eigenvalue weighted by atomic mass is 9.79. The monoisotopic (exact) mass is 318 g/mol. The maximum Gasteiger partial charge on any atom is 0.255 e. The molecule has 1 aliphatic heterocycles. The number of pyridine rings is 1. The molecule has 3 rings (SSSR count). The van der Waals surface area contributed by atoms with Gasteiger partial charge >= 0.3 is 0 Å². The summed E-state index contributed by atoms with van der Waals surface area (Å²) in [5.74, 6) is -0.131. The van der Waals surface area contributed by atoms with Crippen molar-refractivity contribution in [1.82, 2.24) is 15.2 Å². The molecular formula is C17H26N4O2. The summed E-state index contributed by atoms with van der Waals surface area (Å²) >= 11 is 0. The van der Waals surface area contributed by atoms with Crippen molar-refractivity contribution >= 4 is 11.6 Å². The van der Waals surface area contributed by atoms with E-state index < -0.39 is 0 Å². The first-order valence-electron chi connectivity index (χ1n) is 8.52. The van der Waals surface area contributed by atoms with Gasteiger partial charge < -0.3 is 15.8 Å². The second-order valence-electron chi connectivity index (χ2n) is 6.53. The summed E-state index contributed by atoms with van der Waals surface area (Å²) in [6.45, 7) is 4.13. The number of anilines is 1. The summed E-state index contributed by atoms with van der Waals surface area (Å²) in [5.41, 5.74) is 6.87. The van der Waals surface area contributed by atoms with E-state index in [1.807, 2.05) is 0 Å². The highest BCUT2D eigenvalue weighted by Gasteiger charge is 2.38. The summed E-state index contributed by atoms with van der Waals surface area (Å²) in [4.78, 5) is 19.0. The lowest BCUT2D eigenvalue weighted by Crippen LogP contribution is -2.59. The van der Waals surface area contributed by atoms with E-state index >= 15 is 0 Å². The molecule has 3 N–H and O–H groups in total. The Labute approximate surface area is 137 Å². The number of hydrogen-bond acceptors (Lipinski definition) is 5. The zero-order chi connectivity index (χ0) is 16.1. The van der Waals surface area contributed by atoms with Crippen LogP contribution >= 0.6 is 0 Å². The molecule has 0 aromatic carbocycles. The molecule has 1 saturated carbocycles. The minimum atomic E-state index is -0.131. The van der Waals surface area contributed by atoms with Crippen molar-refractivity contribution in [3.8, 4) is 0 Å². The van der Waals surface area contributed by atoms with Gasteiger partial charge in [0.15, 0.2) is 0 Å². The average Bonchev–Trinajstić information content (AvgIpc) is 2.62. The van der Waals surface area contributed by atoms with E-state index in [0.717, 1.165) is 39.1 Å². The molecule has 0 unspecified atom stereocenters. The van der Waals surface area contributed by atoms with Gasteiger partial charge in [0.25, 0.3) is 5.91 Å². The molecule has 1 amide bonds. The maximum atomic E-state index is 12.5. The number of aromatic nitrogens is 1. The molecule has 2 heterocycles. The van der Waals surface area contributed by atoms with Crippen molar-refractivity contribution in [3.05, 3.63) is 24.0 Å². The SMILES string of the molecule is Nc1ccncc1C(=O)NCC1(N2CCOCC2)CCCCC1. The fourth-order valence-corrected chi connectivity index (χ4v) is 3.79. The predicted molar refractivity (Wildman–Crippen MR) is 89.2 cm³/mol. The standard InChI is InChI=1S/C17H26N4O2/c18-15-4-7-19-12-14(15)16(22)20-13-17(5-2-1-3-6-17)21-8-10-23-11-9-21/h4,7,12H,1-3,5-6,8-11,13H2,(H2,18,19)(H,20,22). The largest absolute Gasteiger partial charge is 0.398 e. The van der Waals surface area contributed by atoms with E-state index in [0.29, 0.717) is 17.8 Å². The van der Waals surface area contributed by atoms with Gasteiger partial charge in [0.1, 0.15) is 0 Å². The first-order chi connectivity index (χ1) is 11.2. The molecule has 23 heavy (non-hydrogen) atoms. The number of morpholine rings is 1. The highest BCUT2D eigenvalue weighted by atomic mass is 16.5. The number of nitrogen functional groups attached to an aromatic ring is 1. The second-order valence-corrected chi connectivity index (χ2v) is 6.53. The van der Waals surface area contributed by atoms with Crippen LogP contribution in [0.3, 0.4) is 0 Å². The van der Waals surface area contributed by atoms with Crippen LogP contribution < -0.4 is 11.1 Å². The van der Waals surface area contributed by atoms with Crippen LogP contribution in [0.2, 0.25) is 0 Å². The molecular weight excluding hydrogens is 292 g/mol. The van der Waals surface area contributed by atoms with Crippen molar-refractivity contribution in [2.45, 2.75) is 37.6 Å². The Balaban J connectivity index is 1.69. The van der Waals surface area contributed by atoms with E-state index in [1.54, 1.807) is 12.3 Å². The zero-order valence-corrected chi connectivity index (χ0v) is 13.6. The minimum absolute atomic E-state index is 0.0641. The molecule has 0 bridgehead atoms. The lowest BCUT2D eigenvalue weighted by Gasteiger charge is -2.48. The number of amides is 1. The highest BCUT2D eigenvalue weighted by Crippen LogP contribution is 2.34. The van der Waals surface area contributed by atoms with Crippen LogP contribution in [0.25, 0.3) is 0 Å². The van der Waals surface area contributed by atoms with Crippen LogP contribution in [0.15, 0.2) is 18.5 Å². The van der Waals surface area contributed by atoms with Gasteiger partial charge in [-0.25, -0.2) is 0 Å². The number of nitrogens with zero attached hydrogens (tertiary/aromatic N) is 2. The second kappa shape index (κ2) is 7.27. The molecule has 6 nitrogen and oxygen atoms in total. The Kier molecular flexibility index (Phi) is 5.13. The van der Waals surface area contributed by atoms with Gasteiger partial charge in [-0.2, -0.15) is 0 Å². The van der Waals surface area contributed by atoms with Gasteiger partial charge in [0.2, 0.25) is 0 Å². The number of nitrogens with two attached hydrogens (primary N) is 1. The molecule has 0 atom stereocenters. The molecule has 6 heteroatoms. The first-order valence-corrected chi connectivity index (χ1v) is 8.52. The third-order valence-corrected chi connectivity index (χ3v) is 5.14. The third kappa shape index (κ3) is 3.64. The van der Waals surface area contributed by atoms with Gasteiger partial charge in [-0.15, -0.1) is 0 Å². The van der Waals surface area contributed by atoms with Crippen LogP contribution in [-0.2, 0) is 4.74 Å². The molecule has 1 aliphatic carbocycles. The number of carbonyl (C=O) groups excluding carboxylic acids is 1. The van der Waals surface area contributed by atoms with Crippen molar-refractivity contribution in [2.75, 3.05) is 38.6 Å². The van der Waals surface area contributed by atoms with Crippen LogP contribution in [0.5, 0.6) is 0 Å². The predicted octanol–water partition coefficient (Wildman–Crippen LogP) is 1.43. The molecule has 126 valence electrons. The molecule has 2 aliphatic rings. The van der Waals surface area contributed by atoms with Crippen molar-refractivity contribution < 1.29 is 9.53 Å². The molecule has 0 spiro atoms. The van der Waals surface area contributed by atoms with Gasteiger partial charge in [-0.1, -0.05) is 19.3 Å². The van der Waals surface area contributed by atoms with Crippen LogP contribution in [0, 0.1) is 0 Å². The van der Waals surface area contributed by atoms with E-state index in [9.17, 15) is 4.79 Å². The fraction of sp³-hybridized carbons (Fsp3) is 0.647. The Morgan fingerprint density at radius 2 is 2.04 bits per heavy atom. The first kappa shape index (κ1) is 16.2. The Morgan fingerprint density at radius 3 is 2.74 bits per heavy atom. The number of rotatable bonds is 4. The van der Waals surface area contributed by atoms with E-state index in [1.165, 1.54) is 25.5 Å². The Morgan fingerprint density at radius 1 is 1.30 bits per heavy atom. The van der Waals surface area contributed by atoms with Crippen molar-refractivity contribution in [2.24, 2.45) is 0 Å². The van der Waals surface area contributed by atoms with Crippen molar-refractivity contribution in [1.29, 1.82) is 0 Å². The van der Waals surface area contributed by atoms with Gasteiger partial charge in [0, 0.05) is 43.3 Å². The number of carbonyl (C=O) groups is 1. The topological polar surface area (TPSA) is 80.5 Å². The molecule has 0 radical (unpaired) electrons. The van der Waals surface area contributed by atoms with E-state index in [4.69, 9.17) is 10.5 Å². The number of ether oxygens (including phenoxy) is 1. The lowest BCUT2D eigenvalue weighted by molar-refractivity contribution is -0.0361. The van der Waals surface area contributed by atoms with Gasteiger partial charge in [-0.3, -0.25) is 14.7 Å². The van der Waals surface area contributed by atoms with Crippen molar-refractivity contribution in [3.63, 3.8) is 0 Å². The van der Waals surface area contributed by atoms with E-state index in [-0.39, 0.29) is 11.4 Å². The Hall–Kier alpha value is -1.66. The molecule has 1 aromatic heterocycles. The van der Waals surface area contributed by atoms with Crippen LogP contribution in [0.4, 0.5) is 5.69 Å². The molecule has 1 aromatic rings. The zero-order valence-electron chi connectivity index (χ0n) is 13.6. The smallest absolute Gasteiger partial charge is 0.255 e. The quantitative estimate of drug-likeness (QED) is 0.878. The maximum absolute atomic E-state index is 12.5. The summed E-state index contributed by atoms with van der Waals surface area (Å²) in [7, 11) is 0. The summed E-state index contributed by atoms with van der Waals surface area (Å²) in [6.07, 6.45) is 9.14. The Bertz CT molecular complexity index is 537. The van der Waals surface area contributed by atoms with E-state index in [2.05, 4.69) is 15.2 Å². The average molecular weight is 318 g/mol.